The average molecular weight is 454 g/mol. The molecule has 8 heteroatoms. The summed E-state index contributed by atoms with van der Waals surface area (Å²) in [7, 11) is 1.65. The fourth-order valence-electron chi connectivity index (χ4n) is 3.53. The van der Waals surface area contributed by atoms with E-state index in [9.17, 15) is 4.79 Å². The number of hydrogen-bond acceptors (Lipinski definition) is 8. The Bertz CT molecular complexity index is 1400. The monoisotopic (exact) mass is 453 g/mol. The Morgan fingerprint density at radius 2 is 1.53 bits per heavy atom. The van der Waals surface area contributed by atoms with E-state index in [-0.39, 0.29) is 6.61 Å². The molecule has 2 aromatic carbocycles. The molecule has 4 N–H and O–H groups in total. The number of aliphatic hydroxyl groups excluding tert-OH is 1. The smallest absolute Gasteiger partial charge is 0.162 e. The van der Waals surface area contributed by atoms with Gasteiger partial charge < -0.3 is 9.63 Å². The zero-order valence-corrected chi connectivity index (χ0v) is 18.5. The molecule has 8 nitrogen and oxygen atoms in total. The standard InChI is InChI=1S/C25H17N3O3.CH6N2/c29-14-20-11-24(27-23-9-10-26-13-22(20)23)18-5-1-16(2-6-18)17-3-7-19(8-4-17)25-12-21(15-30)31-28-25;1-3-2/h1-14,30H,15H2;3H,2H2,1H3. The van der Waals surface area contributed by atoms with Gasteiger partial charge in [-0.05, 0) is 30.3 Å². The molecule has 0 unspecified atom stereocenters. The number of aliphatic hydroxyl groups is 1. The van der Waals surface area contributed by atoms with Gasteiger partial charge in [-0.25, -0.2) is 4.98 Å². The van der Waals surface area contributed by atoms with Crippen LogP contribution in [0.5, 0.6) is 0 Å². The highest BCUT2D eigenvalue weighted by Gasteiger charge is 2.09. The van der Waals surface area contributed by atoms with Crippen molar-refractivity contribution in [3.63, 3.8) is 0 Å². The van der Waals surface area contributed by atoms with Crippen LogP contribution in [0.2, 0.25) is 0 Å². The molecule has 0 saturated heterocycles. The number of nitrogens with two attached hydrogens (primary N) is 1. The molecular formula is C26H23N5O3. The molecule has 3 heterocycles. The van der Waals surface area contributed by atoms with E-state index in [1.54, 1.807) is 37.6 Å². The SMILES string of the molecule is CNN.O=Cc1cc(-c2ccc(-c3ccc(-c4cc(CO)on4)cc3)cc2)nc2ccncc12. The van der Waals surface area contributed by atoms with E-state index in [2.05, 4.69) is 26.4 Å². The number of aromatic nitrogens is 3. The van der Waals surface area contributed by atoms with Crippen LogP contribution in [0, 0.1) is 0 Å². The van der Waals surface area contributed by atoms with E-state index in [0.29, 0.717) is 17.0 Å². The highest BCUT2D eigenvalue weighted by atomic mass is 16.5. The minimum absolute atomic E-state index is 0.172. The molecule has 0 amide bonds. The third-order valence-corrected chi connectivity index (χ3v) is 5.18. The Kier molecular flexibility index (Phi) is 7.14. The zero-order valence-electron chi connectivity index (χ0n) is 18.5. The van der Waals surface area contributed by atoms with Crippen LogP contribution in [0.25, 0.3) is 44.5 Å². The lowest BCUT2D eigenvalue weighted by atomic mass is 10.00. The number of pyridine rings is 2. The van der Waals surface area contributed by atoms with Gasteiger partial charge in [-0.3, -0.25) is 21.0 Å². The van der Waals surface area contributed by atoms with Crippen molar-refractivity contribution in [1.82, 2.24) is 20.6 Å². The Labute approximate surface area is 196 Å². The van der Waals surface area contributed by atoms with Crippen molar-refractivity contribution in [2.45, 2.75) is 6.61 Å². The van der Waals surface area contributed by atoms with E-state index in [0.717, 1.165) is 45.1 Å². The largest absolute Gasteiger partial charge is 0.388 e. The van der Waals surface area contributed by atoms with Crippen LogP contribution in [-0.2, 0) is 6.61 Å². The first-order valence-electron chi connectivity index (χ1n) is 10.5. The normalized spacial score (nSPS) is 10.6. The molecule has 5 rings (SSSR count). The lowest BCUT2D eigenvalue weighted by Gasteiger charge is -2.08. The third kappa shape index (κ3) is 4.89. The number of aldehydes is 1. The number of hydrogen-bond donors (Lipinski definition) is 3. The van der Waals surface area contributed by atoms with Gasteiger partial charge in [0.2, 0.25) is 0 Å². The summed E-state index contributed by atoms with van der Waals surface area (Å²) in [5.74, 6) is 5.03. The minimum atomic E-state index is -0.172. The molecule has 0 spiro atoms. The molecule has 3 aromatic heterocycles. The van der Waals surface area contributed by atoms with Crippen LogP contribution < -0.4 is 11.3 Å². The first-order valence-corrected chi connectivity index (χ1v) is 10.5. The molecule has 0 aliphatic rings. The fourth-order valence-corrected chi connectivity index (χ4v) is 3.53. The van der Waals surface area contributed by atoms with Crippen molar-refractivity contribution in [2.75, 3.05) is 7.05 Å². The van der Waals surface area contributed by atoms with E-state index >= 15 is 0 Å². The van der Waals surface area contributed by atoms with Crippen LogP contribution in [-0.4, -0.2) is 33.6 Å². The number of nitrogens with one attached hydrogen (secondary N) is 1. The van der Waals surface area contributed by atoms with E-state index in [1.807, 2.05) is 48.5 Å². The molecule has 0 aliphatic heterocycles. The number of rotatable bonds is 5. The van der Waals surface area contributed by atoms with Crippen LogP contribution in [0.3, 0.4) is 0 Å². The predicted molar refractivity (Wildman–Crippen MR) is 130 cm³/mol. The molecule has 0 fully saturated rings. The highest BCUT2D eigenvalue weighted by Crippen LogP contribution is 2.28. The first kappa shape index (κ1) is 22.9. The molecule has 0 radical (unpaired) electrons. The quantitative estimate of drug-likeness (QED) is 0.207. The number of carbonyl (C=O) groups is 1. The van der Waals surface area contributed by atoms with Crippen molar-refractivity contribution in [3.05, 3.63) is 90.4 Å². The Morgan fingerprint density at radius 1 is 0.941 bits per heavy atom. The van der Waals surface area contributed by atoms with Crippen molar-refractivity contribution in [1.29, 1.82) is 0 Å². The molecule has 34 heavy (non-hydrogen) atoms. The van der Waals surface area contributed by atoms with Gasteiger partial charge in [0.15, 0.2) is 12.0 Å². The van der Waals surface area contributed by atoms with Gasteiger partial charge in [-0.2, -0.15) is 0 Å². The molecular weight excluding hydrogens is 430 g/mol. The maximum absolute atomic E-state index is 11.5. The van der Waals surface area contributed by atoms with Crippen molar-refractivity contribution in [2.24, 2.45) is 5.84 Å². The van der Waals surface area contributed by atoms with Crippen LogP contribution in [0.1, 0.15) is 16.1 Å². The third-order valence-electron chi connectivity index (χ3n) is 5.18. The fraction of sp³-hybridized carbons (Fsp3) is 0.0769. The minimum Gasteiger partial charge on any atom is -0.388 e. The van der Waals surface area contributed by atoms with Gasteiger partial charge in [-0.15, -0.1) is 0 Å². The van der Waals surface area contributed by atoms with Gasteiger partial charge in [0.1, 0.15) is 12.3 Å². The van der Waals surface area contributed by atoms with Gasteiger partial charge >= 0.3 is 0 Å². The summed E-state index contributed by atoms with van der Waals surface area (Å²) < 4.78 is 5.05. The average Bonchev–Trinajstić information content (AvgIpc) is 3.38. The molecule has 0 atom stereocenters. The predicted octanol–water partition coefficient (Wildman–Crippen LogP) is 4.00. The molecule has 170 valence electrons. The summed E-state index contributed by atoms with van der Waals surface area (Å²) in [6.07, 6.45) is 4.17. The lowest BCUT2D eigenvalue weighted by Crippen LogP contribution is -2.13. The summed E-state index contributed by atoms with van der Waals surface area (Å²) >= 11 is 0. The molecule has 0 bridgehead atoms. The molecule has 0 aliphatic carbocycles. The van der Waals surface area contributed by atoms with Gasteiger partial charge in [0.25, 0.3) is 0 Å². The number of carbonyl (C=O) groups excluding carboxylic acids is 1. The van der Waals surface area contributed by atoms with Gasteiger partial charge in [0.05, 0.1) is 11.2 Å². The molecule has 5 aromatic rings. The Hall–Kier alpha value is -4.24. The van der Waals surface area contributed by atoms with Crippen molar-refractivity contribution < 1.29 is 14.4 Å². The maximum atomic E-state index is 11.5. The van der Waals surface area contributed by atoms with E-state index in [4.69, 9.17) is 9.63 Å². The molecule has 0 saturated carbocycles. The van der Waals surface area contributed by atoms with E-state index < -0.39 is 0 Å². The van der Waals surface area contributed by atoms with Crippen LogP contribution in [0.15, 0.2) is 83.6 Å². The summed E-state index contributed by atoms with van der Waals surface area (Å²) in [6, 6.07) is 21.4. The summed E-state index contributed by atoms with van der Waals surface area (Å²) in [4.78, 5) is 20.3. The first-order chi connectivity index (χ1) is 16.7. The maximum Gasteiger partial charge on any atom is 0.162 e. The van der Waals surface area contributed by atoms with E-state index in [1.165, 1.54) is 0 Å². The van der Waals surface area contributed by atoms with Gasteiger partial charge in [-0.1, -0.05) is 53.7 Å². The topological polar surface area (TPSA) is 127 Å². The number of benzene rings is 2. The zero-order chi connectivity index (χ0) is 23.9. The second kappa shape index (κ2) is 10.6. The highest BCUT2D eigenvalue weighted by molar-refractivity contribution is 5.97. The second-order valence-corrected chi connectivity index (χ2v) is 7.39. The van der Waals surface area contributed by atoms with Crippen LogP contribution >= 0.6 is 0 Å². The summed E-state index contributed by atoms with van der Waals surface area (Å²) in [5, 5.41) is 13.8. The number of fused-ring (bicyclic) bond motifs is 1. The summed E-state index contributed by atoms with van der Waals surface area (Å²) in [5.41, 5.74) is 8.97. The summed E-state index contributed by atoms with van der Waals surface area (Å²) in [6.45, 7) is -0.172. The van der Waals surface area contributed by atoms with Crippen molar-refractivity contribution >= 4 is 17.2 Å². The Balaban J connectivity index is 0.000000868. The van der Waals surface area contributed by atoms with Crippen molar-refractivity contribution in [3.8, 4) is 33.6 Å². The number of nitrogens with zero attached hydrogens (tertiary/aromatic N) is 3. The van der Waals surface area contributed by atoms with Crippen LogP contribution in [0.4, 0.5) is 0 Å². The lowest BCUT2D eigenvalue weighted by molar-refractivity contribution is 0.112. The van der Waals surface area contributed by atoms with Gasteiger partial charge in [0, 0.05) is 40.5 Å². The Morgan fingerprint density at radius 3 is 2.09 bits per heavy atom. The second-order valence-electron chi connectivity index (χ2n) is 7.39. The number of hydrazine groups is 1.